The molecule has 4 nitrogen and oxygen atoms in total. The lowest BCUT2D eigenvalue weighted by molar-refractivity contribution is 0.283. The molecule has 0 amide bonds. The van der Waals surface area contributed by atoms with Crippen molar-refractivity contribution in [3.63, 3.8) is 0 Å². The molecule has 0 aromatic heterocycles. The third kappa shape index (κ3) is 3.07. The minimum absolute atomic E-state index is 0.0378. The van der Waals surface area contributed by atoms with Gasteiger partial charge in [0.2, 0.25) is 10.0 Å². The largest absolute Gasteiger partial charge is 0.314 e. The van der Waals surface area contributed by atoms with Gasteiger partial charge in [-0.1, -0.05) is 12.1 Å². The van der Waals surface area contributed by atoms with E-state index < -0.39 is 10.0 Å². The van der Waals surface area contributed by atoms with Crippen LogP contribution >= 0.6 is 0 Å². The number of piperazine rings is 1. The van der Waals surface area contributed by atoms with E-state index in [0.29, 0.717) is 25.2 Å². The second kappa shape index (κ2) is 5.34. The number of benzene rings is 1. The number of halogens is 1. The van der Waals surface area contributed by atoms with Crippen molar-refractivity contribution in [2.45, 2.75) is 18.7 Å². The van der Waals surface area contributed by atoms with Crippen molar-refractivity contribution in [2.24, 2.45) is 0 Å². The van der Waals surface area contributed by atoms with Crippen LogP contribution in [-0.4, -0.2) is 38.4 Å². The van der Waals surface area contributed by atoms with Crippen molar-refractivity contribution in [3.8, 4) is 0 Å². The highest BCUT2D eigenvalue weighted by atomic mass is 32.2. The zero-order valence-electron chi connectivity index (χ0n) is 10.3. The number of nitrogens with zero attached hydrogens (tertiary/aromatic N) is 1. The van der Waals surface area contributed by atoms with Gasteiger partial charge in [0.1, 0.15) is 5.82 Å². The maximum Gasteiger partial charge on any atom is 0.218 e. The Morgan fingerprint density at radius 1 is 1.39 bits per heavy atom. The van der Waals surface area contributed by atoms with Crippen LogP contribution in [0.25, 0.3) is 0 Å². The van der Waals surface area contributed by atoms with E-state index in [1.54, 1.807) is 0 Å². The normalized spacial score (nSPS) is 22.0. The van der Waals surface area contributed by atoms with Gasteiger partial charge in [0.25, 0.3) is 0 Å². The fraction of sp³-hybridized carbons (Fsp3) is 0.500. The van der Waals surface area contributed by atoms with Crippen molar-refractivity contribution in [3.05, 3.63) is 35.6 Å². The second-order valence-electron chi connectivity index (χ2n) is 4.55. The molecule has 1 N–H and O–H groups in total. The average Bonchev–Trinajstić information content (AvgIpc) is 2.32. The first kappa shape index (κ1) is 13.5. The average molecular weight is 272 g/mol. The number of sulfonamides is 1. The summed E-state index contributed by atoms with van der Waals surface area (Å²) in [6.07, 6.45) is 0. The predicted molar refractivity (Wildman–Crippen MR) is 68.1 cm³/mol. The Kier molecular flexibility index (Phi) is 3.99. The summed E-state index contributed by atoms with van der Waals surface area (Å²) >= 11 is 0. The first-order valence-electron chi connectivity index (χ1n) is 5.94. The van der Waals surface area contributed by atoms with Gasteiger partial charge in [-0.2, -0.15) is 4.31 Å². The Morgan fingerprint density at radius 2 is 2.06 bits per heavy atom. The molecule has 1 saturated heterocycles. The highest BCUT2D eigenvalue weighted by Gasteiger charge is 2.29. The van der Waals surface area contributed by atoms with Gasteiger partial charge in [-0.3, -0.25) is 0 Å². The van der Waals surface area contributed by atoms with Crippen LogP contribution in [0.15, 0.2) is 24.3 Å². The molecule has 0 spiro atoms. The van der Waals surface area contributed by atoms with E-state index in [-0.39, 0.29) is 17.6 Å². The van der Waals surface area contributed by atoms with Crippen molar-refractivity contribution in [1.82, 2.24) is 9.62 Å². The van der Waals surface area contributed by atoms with Gasteiger partial charge in [0.05, 0.1) is 5.75 Å². The summed E-state index contributed by atoms with van der Waals surface area (Å²) in [5, 5.41) is 3.15. The molecule has 0 radical (unpaired) electrons. The molecular weight excluding hydrogens is 255 g/mol. The van der Waals surface area contributed by atoms with Crippen LogP contribution in [0.3, 0.4) is 0 Å². The topological polar surface area (TPSA) is 49.4 Å². The van der Waals surface area contributed by atoms with E-state index in [0.717, 1.165) is 0 Å². The second-order valence-corrected chi connectivity index (χ2v) is 6.47. The van der Waals surface area contributed by atoms with Gasteiger partial charge < -0.3 is 5.32 Å². The fourth-order valence-corrected chi connectivity index (χ4v) is 3.88. The van der Waals surface area contributed by atoms with Gasteiger partial charge >= 0.3 is 0 Å². The number of hydrogen-bond donors (Lipinski definition) is 1. The summed E-state index contributed by atoms with van der Waals surface area (Å²) in [6, 6.07) is 5.56. The Morgan fingerprint density at radius 3 is 2.67 bits per heavy atom. The van der Waals surface area contributed by atoms with Crippen LogP contribution < -0.4 is 5.32 Å². The SMILES string of the molecule is C[C@@H]1CNCCN1S(=O)(=O)Cc1ccc(F)cc1. The van der Waals surface area contributed by atoms with Gasteiger partial charge in [-0.05, 0) is 24.6 Å². The van der Waals surface area contributed by atoms with Crippen LogP contribution in [0, 0.1) is 5.82 Å². The zero-order valence-corrected chi connectivity index (χ0v) is 11.1. The Bertz CT molecular complexity index is 501. The lowest BCUT2D eigenvalue weighted by atomic mass is 10.2. The van der Waals surface area contributed by atoms with Crippen LogP contribution in [0.2, 0.25) is 0 Å². The molecular formula is C12H17FN2O2S. The van der Waals surface area contributed by atoms with E-state index in [4.69, 9.17) is 0 Å². The molecule has 0 unspecified atom stereocenters. The van der Waals surface area contributed by atoms with E-state index in [9.17, 15) is 12.8 Å². The van der Waals surface area contributed by atoms with Crippen LogP contribution in [0.5, 0.6) is 0 Å². The molecule has 1 atom stereocenters. The minimum atomic E-state index is -3.33. The number of nitrogens with one attached hydrogen (secondary N) is 1. The Balaban J connectivity index is 2.13. The Labute approximate surface area is 107 Å². The van der Waals surface area contributed by atoms with Crippen LogP contribution in [0.4, 0.5) is 4.39 Å². The molecule has 100 valence electrons. The van der Waals surface area contributed by atoms with Crippen molar-refractivity contribution in [2.75, 3.05) is 19.6 Å². The summed E-state index contributed by atoms with van der Waals surface area (Å²) in [6.45, 7) is 3.72. The molecule has 6 heteroatoms. The van der Waals surface area contributed by atoms with E-state index >= 15 is 0 Å². The highest BCUT2D eigenvalue weighted by molar-refractivity contribution is 7.88. The molecule has 1 heterocycles. The molecule has 1 aliphatic rings. The van der Waals surface area contributed by atoms with Gasteiger partial charge in [0.15, 0.2) is 0 Å². The third-order valence-electron chi connectivity index (χ3n) is 3.06. The van der Waals surface area contributed by atoms with E-state index in [1.807, 2.05) is 6.92 Å². The summed E-state index contributed by atoms with van der Waals surface area (Å²) in [5.41, 5.74) is 0.613. The molecule has 1 aromatic rings. The zero-order chi connectivity index (χ0) is 13.2. The van der Waals surface area contributed by atoms with Crippen LogP contribution in [0.1, 0.15) is 12.5 Å². The smallest absolute Gasteiger partial charge is 0.218 e. The summed E-state index contributed by atoms with van der Waals surface area (Å²) in [7, 11) is -3.33. The molecule has 1 aliphatic heterocycles. The quantitative estimate of drug-likeness (QED) is 0.891. The summed E-state index contributed by atoms with van der Waals surface area (Å²) < 4.78 is 38.8. The molecule has 1 fully saturated rings. The van der Waals surface area contributed by atoms with Crippen LogP contribution in [-0.2, 0) is 15.8 Å². The standard InChI is InChI=1S/C12H17FN2O2S/c1-10-8-14-6-7-15(10)18(16,17)9-11-2-4-12(13)5-3-11/h2-5,10,14H,6-9H2,1H3/t10-/m1/s1. The maximum atomic E-state index is 12.8. The van der Waals surface area contributed by atoms with Gasteiger partial charge in [-0.25, -0.2) is 12.8 Å². The number of rotatable bonds is 3. The maximum absolute atomic E-state index is 12.8. The number of hydrogen-bond acceptors (Lipinski definition) is 3. The summed E-state index contributed by atoms with van der Waals surface area (Å²) in [4.78, 5) is 0. The first-order chi connectivity index (χ1) is 8.49. The fourth-order valence-electron chi connectivity index (χ4n) is 2.11. The van der Waals surface area contributed by atoms with Crippen molar-refractivity contribution < 1.29 is 12.8 Å². The van der Waals surface area contributed by atoms with Gasteiger partial charge in [0, 0.05) is 25.7 Å². The minimum Gasteiger partial charge on any atom is -0.314 e. The lowest BCUT2D eigenvalue weighted by Crippen LogP contribution is -2.52. The molecule has 18 heavy (non-hydrogen) atoms. The predicted octanol–water partition coefficient (Wildman–Crippen LogP) is 0.949. The molecule has 0 bridgehead atoms. The Hall–Kier alpha value is -0.980. The lowest BCUT2D eigenvalue weighted by Gasteiger charge is -2.32. The molecule has 0 aliphatic carbocycles. The third-order valence-corrected chi connectivity index (χ3v) is 5.02. The van der Waals surface area contributed by atoms with Crippen molar-refractivity contribution in [1.29, 1.82) is 0 Å². The molecule has 0 saturated carbocycles. The molecule has 2 rings (SSSR count). The van der Waals surface area contributed by atoms with Crippen molar-refractivity contribution >= 4 is 10.0 Å². The van der Waals surface area contributed by atoms with E-state index in [1.165, 1.54) is 28.6 Å². The summed E-state index contributed by atoms with van der Waals surface area (Å²) in [5.74, 6) is -0.427. The first-order valence-corrected chi connectivity index (χ1v) is 7.54. The monoisotopic (exact) mass is 272 g/mol. The highest BCUT2D eigenvalue weighted by Crippen LogP contribution is 2.15. The van der Waals surface area contributed by atoms with Gasteiger partial charge in [-0.15, -0.1) is 0 Å². The molecule has 1 aromatic carbocycles. The van der Waals surface area contributed by atoms with E-state index in [2.05, 4.69) is 5.32 Å².